The summed E-state index contributed by atoms with van der Waals surface area (Å²) in [7, 11) is 1.81. The molecule has 2 unspecified atom stereocenters. The molecule has 1 fully saturated rings. The monoisotopic (exact) mass is 347 g/mol. The molecule has 2 atom stereocenters. The van der Waals surface area contributed by atoms with Gasteiger partial charge in [-0.25, -0.2) is 4.39 Å². The van der Waals surface area contributed by atoms with Crippen molar-refractivity contribution in [3.05, 3.63) is 33.1 Å². The molecule has 2 nitrogen and oxygen atoms in total. The van der Waals surface area contributed by atoms with Gasteiger partial charge in [-0.05, 0) is 59.0 Å². The Morgan fingerprint density at radius 2 is 2.24 bits per heavy atom. The van der Waals surface area contributed by atoms with E-state index in [4.69, 9.17) is 0 Å². The highest BCUT2D eigenvalue weighted by Gasteiger charge is 2.34. The summed E-state index contributed by atoms with van der Waals surface area (Å²) >= 11 is 2.00. The summed E-state index contributed by atoms with van der Waals surface area (Å²) in [5, 5.41) is 0. The lowest BCUT2D eigenvalue weighted by Gasteiger charge is -2.17. The minimum absolute atomic E-state index is 0.0199. The van der Waals surface area contributed by atoms with E-state index in [0.29, 0.717) is 15.1 Å². The van der Waals surface area contributed by atoms with Gasteiger partial charge in [0.25, 0.3) is 5.91 Å². The van der Waals surface area contributed by atoms with Gasteiger partial charge >= 0.3 is 0 Å². The van der Waals surface area contributed by atoms with Gasteiger partial charge in [0.2, 0.25) is 0 Å². The molecule has 1 aromatic carbocycles. The Kier molecular flexibility index (Phi) is 3.70. The molecule has 0 radical (unpaired) electrons. The van der Waals surface area contributed by atoms with Gasteiger partial charge in [0.05, 0.1) is 5.56 Å². The molecule has 0 aliphatic heterocycles. The van der Waals surface area contributed by atoms with E-state index in [0.717, 1.165) is 12.5 Å². The predicted molar refractivity (Wildman–Crippen MR) is 73.3 cm³/mol. The number of rotatable bonds is 3. The average Bonchev–Trinajstić information content (AvgIpc) is 2.93. The molecule has 0 bridgehead atoms. The van der Waals surface area contributed by atoms with Gasteiger partial charge in [0.15, 0.2) is 0 Å². The summed E-state index contributed by atoms with van der Waals surface area (Å²) in [6.45, 7) is 3.00. The van der Waals surface area contributed by atoms with E-state index < -0.39 is 0 Å². The molecular formula is C13H15FINO. The third-order valence-corrected chi connectivity index (χ3v) is 4.19. The van der Waals surface area contributed by atoms with Crippen LogP contribution < -0.4 is 0 Å². The third-order valence-electron chi connectivity index (χ3n) is 3.29. The fourth-order valence-electron chi connectivity index (χ4n) is 1.96. The van der Waals surface area contributed by atoms with Crippen molar-refractivity contribution < 1.29 is 9.18 Å². The molecule has 0 aromatic heterocycles. The molecule has 4 heteroatoms. The fraction of sp³-hybridized carbons (Fsp3) is 0.462. The van der Waals surface area contributed by atoms with Gasteiger partial charge in [-0.2, -0.15) is 0 Å². The summed E-state index contributed by atoms with van der Waals surface area (Å²) in [6, 6.07) is 4.29. The normalized spacial score (nSPS) is 22.4. The molecule has 1 aliphatic rings. The van der Waals surface area contributed by atoms with Crippen molar-refractivity contribution in [2.24, 2.45) is 11.8 Å². The van der Waals surface area contributed by atoms with Crippen molar-refractivity contribution in [3.8, 4) is 0 Å². The molecule has 1 amide bonds. The molecular weight excluding hydrogens is 332 g/mol. The highest BCUT2D eigenvalue weighted by atomic mass is 127. The van der Waals surface area contributed by atoms with E-state index in [2.05, 4.69) is 6.92 Å². The van der Waals surface area contributed by atoms with E-state index in [-0.39, 0.29) is 11.7 Å². The van der Waals surface area contributed by atoms with Crippen LogP contribution in [0.5, 0.6) is 0 Å². The predicted octanol–water partition coefficient (Wildman–Crippen LogP) is 3.16. The quantitative estimate of drug-likeness (QED) is 0.770. The van der Waals surface area contributed by atoms with Gasteiger partial charge in [-0.15, -0.1) is 0 Å². The van der Waals surface area contributed by atoms with E-state index in [1.807, 2.05) is 29.6 Å². The zero-order chi connectivity index (χ0) is 12.6. The molecule has 1 saturated carbocycles. The molecule has 0 heterocycles. The fourth-order valence-corrected chi connectivity index (χ4v) is 2.66. The Morgan fingerprint density at radius 1 is 1.59 bits per heavy atom. The lowest BCUT2D eigenvalue weighted by Crippen LogP contribution is -2.29. The first-order chi connectivity index (χ1) is 7.99. The molecule has 1 aromatic rings. The first-order valence-electron chi connectivity index (χ1n) is 5.69. The maximum absolute atomic E-state index is 13.0. The Morgan fingerprint density at radius 3 is 2.76 bits per heavy atom. The van der Waals surface area contributed by atoms with Gasteiger partial charge < -0.3 is 4.90 Å². The minimum atomic E-state index is -0.301. The Hall–Kier alpha value is -0.650. The second kappa shape index (κ2) is 4.92. The van der Waals surface area contributed by atoms with Crippen LogP contribution in [-0.2, 0) is 0 Å². The van der Waals surface area contributed by atoms with Gasteiger partial charge in [-0.3, -0.25) is 4.79 Å². The van der Waals surface area contributed by atoms with Crippen LogP contribution >= 0.6 is 22.6 Å². The van der Waals surface area contributed by atoms with Crippen molar-refractivity contribution in [3.63, 3.8) is 0 Å². The number of nitrogens with zero attached hydrogens (tertiary/aromatic N) is 1. The maximum Gasteiger partial charge on any atom is 0.254 e. The number of hydrogen-bond donors (Lipinski definition) is 0. The van der Waals surface area contributed by atoms with Gasteiger partial charge in [0.1, 0.15) is 5.82 Å². The van der Waals surface area contributed by atoms with Crippen LogP contribution in [0.15, 0.2) is 18.2 Å². The van der Waals surface area contributed by atoms with Gasteiger partial charge in [0, 0.05) is 17.2 Å². The second-order valence-corrected chi connectivity index (χ2v) is 5.95. The summed E-state index contributed by atoms with van der Waals surface area (Å²) in [5.41, 5.74) is 0.586. The number of hydrogen-bond acceptors (Lipinski definition) is 1. The standard InChI is InChI=1S/C13H15FINO/c1-8-5-9(8)7-16(2)13(17)11-4-3-10(14)6-12(11)15/h3-4,6,8-9H,5,7H2,1-2H3. The first kappa shape index (κ1) is 12.8. The van der Waals surface area contributed by atoms with Crippen LogP contribution in [0.2, 0.25) is 0 Å². The molecule has 17 heavy (non-hydrogen) atoms. The van der Waals surface area contributed by atoms with Crippen LogP contribution in [0.25, 0.3) is 0 Å². The lowest BCUT2D eigenvalue weighted by molar-refractivity contribution is 0.0786. The Labute approximate surface area is 114 Å². The smallest absolute Gasteiger partial charge is 0.254 e. The summed E-state index contributed by atoms with van der Waals surface area (Å²) in [6.07, 6.45) is 1.21. The highest BCUT2D eigenvalue weighted by molar-refractivity contribution is 14.1. The zero-order valence-electron chi connectivity index (χ0n) is 9.91. The zero-order valence-corrected chi connectivity index (χ0v) is 12.1. The molecule has 2 rings (SSSR count). The largest absolute Gasteiger partial charge is 0.341 e. The van der Waals surface area contributed by atoms with Crippen LogP contribution in [0.3, 0.4) is 0 Å². The van der Waals surface area contributed by atoms with Crippen LogP contribution in [0.4, 0.5) is 4.39 Å². The van der Waals surface area contributed by atoms with Crippen molar-refractivity contribution in [2.45, 2.75) is 13.3 Å². The Balaban J connectivity index is 2.07. The SMILES string of the molecule is CC1CC1CN(C)C(=O)c1ccc(F)cc1I. The Bertz CT molecular complexity index is 449. The van der Waals surface area contributed by atoms with Crippen molar-refractivity contribution in [2.75, 3.05) is 13.6 Å². The number of carbonyl (C=O) groups excluding carboxylic acids is 1. The molecule has 0 saturated heterocycles. The first-order valence-corrected chi connectivity index (χ1v) is 6.77. The van der Waals surface area contributed by atoms with Crippen LogP contribution in [0, 0.1) is 21.2 Å². The second-order valence-electron chi connectivity index (χ2n) is 4.78. The maximum atomic E-state index is 13.0. The number of halogens is 2. The van der Waals surface area contributed by atoms with Crippen molar-refractivity contribution >= 4 is 28.5 Å². The topological polar surface area (TPSA) is 20.3 Å². The number of carbonyl (C=O) groups is 1. The molecule has 1 aliphatic carbocycles. The molecule has 0 spiro atoms. The average molecular weight is 347 g/mol. The van der Waals surface area contributed by atoms with E-state index in [1.54, 1.807) is 11.0 Å². The summed E-state index contributed by atoms with van der Waals surface area (Å²) in [5.74, 6) is 1.05. The van der Waals surface area contributed by atoms with Crippen LogP contribution in [-0.4, -0.2) is 24.4 Å². The lowest BCUT2D eigenvalue weighted by atomic mass is 10.2. The minimum Gasteiger partial charge on any atom is -0.341 e. The summed E-state index contributed by atoms with van der Waals surface area (Å²) < 4.78 is 13.6. The van der Waals surface area contributed by atoms with Gasteiger partial charge in [-0.1, -0.05) is 6.92 Å². The molecule has 92 valence electrons. The third kappa shape index (κ3) is 2.97. The van der Waals surface area contributed by atoms with Crippen LogP contribution in [0.1, 0.15) is 23.7 Å². The van der Waals surface area contributed by atoms with Crippen molar-refractivity contribution in [1.82, 2.24) is 4.90 Å². The van der Waals surface area contributed by atoms with E-state index in [9.17, 15) is 9.18 Å². The molecule has 0 N–H and O–H groups in total. The highest BCUT2D eigenvalue weighted by Crippen LogP contribution is 2.38. The number of amides is 1. The summed E-state index contributed by atoms with van der Waals surface area (Å²) in [4.78, 5) is 13.9. The number of benzene rings is 1. The van der Waals surface area contributed by atoms with Crippen molar-refractivity contribution in [1.29, 1.82) is 0 Å². The van der Waals surface area contributed by atoms with E-state index in [1.165, 1.54) is 18.6 Å². The van der Waals surface area contributed by atoms with E-state index >= 15 is 0 Å².